The summed E-state index contributed by atoms with van der Waals surface area (Å²) in [5.74, 6) is 0.176. The summed E-state index contributed by atoms with van der Waals surface area (Å²) in [6.07, 6.45) is 12.3. The van der Waals surface area contributed by atoms with E-state index in [-0.39, 0.29) is 39.7 Å². The van der Waals surface area contributed by atoms with Crippen LogP contribution in [-0.4, -0.2) is 28.9 Å². The van der Waals surface area contributed by atoms with Gasteiger partial charge in [-0.1, -0.05) is 53.7 Å². The van der Waals surface area contributed by atoms with Gasteiger partial charge in [-0.25, -0.2) is 4.79 Å². The number of carboxylic acids is 1. The molecule has 0 amide bonds. The monoisotopic (exact) mass is 510 g/mol. The molecule has 0 unspecified atom stereocenters. The number of carbonyl (C=O) groups is 3. The zero-order valence-electron chi connectivity index (χ0n) is 24.1. The molecule has 0 spiro atoms. The van der Waals surface area contributed by atoms with Crippen LogP contribution in [0.4, 0.5) is 0 Å². The number of carbonyl (C=O) groups excluding carboxylic acids is 2. The highest BCUT2D eigenvalue weighted by atomic mass is 16.5. The molecule has 7 atom stereocenters. The van der Waals surface area contributed by atoms with Gasteiger partial charge >= 0.3 is 11.9 Å². The van der Waals surface area contributed by atoms with E-state index >= 15 is 0 Å². The Bertz CT molecular complexity index is 1090. The molecule has 4 rings (SSSR count). The minimum Gasteiger partial charge on any atom is -0.478 e. The van der Waals surface area contributed by atoms with E-state index in [9.17, 15) is 19.5 Å². The number of aliphatic carboxylic acids is 1. The van der Waals surface area contributed by atoms with Crippen molar-refractivity contribution >= 4 is 17.7 Å². The number of Topliss-reactive ketones (excluding diaryl/α,β-unsaturated/α-hetero) is 1. The molecule has 0 aromatic carbocycles. The van der Waals surface area contributed by atoms with Crippen LogP contribution in [0.3, 0.4) is 0 Å². The van der Waals surface area contributed by atoms with Gasteiger partial charge in [0.05, 0.1) is 0 Å². The average Bonchev–Trinajstić information content (AvgIpc) is 3.09. The number of esters is 1. The molecule has 37 heavy (non-hydrogen) atoms. The maximum atomic E-state index is 12.9. The van der Waals surface area contributed by atoms with Crippen molar-refractivity contribution in [3.63, 3.8) is 0 Å². The van der Waals surface area contributed by atoms with E-state index in [1.165, 1.54) is 18.1 Å². The minimum atomic E-state index is -0.864. The highest BCUT2D eigenvalue weighted by Crippen LogP contribution is 2.72. The third kappa shape index (κ3) is 4.06. The Morgan fingerprint density at radius 2 is 1.81 bits per heavy atom. The molecule has 2 saturated carbocycles. The molecule has 0 saturated heterocycles. The smallest absolute Gasteiger partial charge is 0.330 e. The van der Waals surface area contributed by atoms with Gasteiger partial charge < -0.3 is 9.84 Å². The summed E-state index contributed by atoms with van der Waals surface area (Å²) in [4.78, 5) is 36.6. The Kier molecular flexibility index (Phi) is 6.95. The zero-order valence-corrected chi connectivity index (χ0v) is 24.1. The second-order valence-electron chi connectivity index (χ2n) is 13.6. The maximum Gasteiger partial charge on any atom is 0.330 e. The van der Waals surface area contributed by atoms with Crippen molar-refractivity contribution in [2.75, 3.05) is 0 Å². The van der Waals surface area contributed by atoms with Crippen LogP contribution in [0.15, 0.2) is 34.9 Å². The highest BCUT2D eigenvalue weighted by Gasteiger charge is 2.66. The normalized spacial score (nSPS) is 39.5. The molecule has 1 N–H and O–H groups in total. The van der Waals surface area contributed by atoms with E-state index < -0.39 is 5.97 Å². The number of allylic oxidation sites excluding steroid dienone is 4. The molecule has 0 aliphatic heterocycles. The van der Waals surface area contributed by atoms with Gasteiger partial charge in [-0.3, -0.25) is 9.59 Å². The van der Waals surface area contributed by atoms with Crippen molar-refractivity contribution in [1.29, 1.82) is 0 Å². The number of hydrogen-bond donors (Lipinski definition) is 1. The van der Waals surface area contributed by atoms with Gasteiger partial charge in [-0.15, -0.1) is 0 Å². The molecule has 4 aliphatic rings. The molecule has 0 bridgehead atoms. The highest BCUT2D eigenvalue weighted by molar-refractivity contribution is 5.86. The molecular weight excluding hydrogens is 464 g/mol. The molecule has 0 aromatic rings. The fourth-order valence-corrected chi connectivity index (χ4v) is 8.95. The van der Waals surface area contributed by atoms with Crippen molar-refractivity contribution in [1.82, 2.24) is 0 Å². The Balaban J connectivity index is 1.76. The first-order valence-corrected chi connectivity index (χ1v) is 14.1. The van der Waals surface area contributed by atoms with E-state index in [1.54, 1.807) is 6.92 Å². The lowest BCUT2D eigenvalue weighted by atomic mass is 9.43. The van der Waals surface area contributed by atoms with Crippen molar-refractivity contribution < 1.29 is 24.2 Å². The van der Waals surface area contributed by atoms with Crippen LogP contribution in [0.2, 0.25) is 0 Å². The van der Waals surface area contributed by atoms with Crippen LogP contribution in [0.25, 0.3) is 0 Å². The van der Waals surface area contributed by atoms with E-state index in [0.717, 1.165) is 38.5 Å². The fraction of sp³-hybridized carbons (Fsp3) is 0.719. The van der Waals surface area contributed by atoms with E-state index in [4.69, 9.17) is 4.74 Å². The Labute approximate surface area is 222 Å². The largest absolute Gasteiger partial charge is 0.478 e. The first-order valence-electron chi connectivity index (χ1n) is 14.1. The van der Waals surface area contributed by atoms with Crippen LogP contribution in [0.5, 0.6) is 0 Å². The summed E-state index contributed by atoms with van der Waals surface area (Å²) in [5.41, 5.74) is 2.23. The number of hydrogen-bond acceptors (Lipinski definition) is 4. The predicted octanol–water partition coefficient (Wildman–Crippen LogP) is 7.07. The molecule has 0 aromatic heterocycles. The first kappa shape index (κ1) is 27.9. The van der Waals surface area contributed by atoms with Crippen LogP contribution in [0, 0.1) is 39.4 Å². The molecule has 0 heterocycles. The Hall–Kier alpha value is -2.17. The minimum absolute atomic E-state index is 0.118. The third-order valence-electron chi connectivity index (χ3n) is 11.5. The lowest BCUT2D eigenvalue weighted by Gasteiger charge is -2.61. The van der Waals surface area contributed by atoms with Crippen LogP contribution in [-0.2, 0) is 19.1 Å². The van der Waals surface area contributed by atoms with Gasteiger partial charge in [0.25, 0.3) is 0 Å². The molecule has 204 valence electrons. The van der Waals surface area contributed by atoms with Crippen LogP contribution in [0.1, 0.15) is 100 Å². The number of carboxylic acid groups (broad SMARTS) is 1. The first-order chi connectivity index (χ1) is 17.1. The maximum absolute atomic E-state index is 12.9. The summed E-state index contributed by atoms with van der Waals surface area (Å²) >= 11 is 0. The van der Waals surface area contributed by atoms with Gasteiger partial charge in [-0.05, 0) is 85.8 Å². The zero-order chi connectivity index (χ0) is 27.6. The topological polar surface area (TPSA) is 80.7 Å². The number of ether oxygens (including phenoxy) is 1. The van der Waals surface area contributed by atoms with Crippen LogP contribution >= 0.6 is 0 Å². The number of rotatable bonds is 6. The van der Waals surface area contributed by atoms with Gasteiger partial charge in [0.2, 0.25) is 0 Å². The summed E-state index contributed by atoms with van der Waals surface area (Å²) < 4.78 is 6.18. The van der Waals surface area contributed by atoms with Crippen molar-refractivity contribution in [3.05, 3.63) is 34.9 Å². The van der Waals surface area contributed by atoms with Crippen molar-refractivity contribution in [2.45, 2.75) is 106 Å². The second-order valence-corrected chi connectivity index (χ2v) is 13.6. The van der Waals surface area contributed by atoms with E-state index in [2.05, 4.69) is 53.7 Å². The third-order valence-corrected chi connectivity index (χ3v) is 11.5. The van der Waals surface area contributed by atoms with Gasteiger partial charge in [0, 0.05) is 35.2 Å². The molecule has 0 radical (unpaired) electrons. The average molecular weight is 511 g/mol. The SMILES string of the molecule is CC(=O)O[C@@H]1C=C2C(=CC[C@H]3C(C)(C)C(=O)CC[C@]23C)[C@]2(C)CC[C@H]([C@H](C)CC/C=C(/C)C(=O)O)[C@@]12C. The van der Waals surface area contributed by atoms with Crippen molar-refractivity contribution in [3.8, 4) is 0 Å². The number of ketones is 1. The molecule has 4 aliphatic carbocycles. The lowest BCUT2D eigenvalue weighted by Crippen LogP contribution is -2.57. The summed E-state index contributed by atoms with van der Waals surface area (Å²) in [5, 5.41) is 9.22. The predicted molar refractivity (Wildman–Crippen MR) is 145 cm³/mol. The Morgan fingerprint density at radius 3 is 2.43 bits per heavy atom. The van der Waals surface area contributed by atoms with E-state index in [0.29, 0.717) is 29.6 Å². The summed E-state index contributed by atoms with van der Waals surface area (Å²) in [7, 11) is 0. The molecular formula is C32H46O5. The Morgan fingerprint density at radius 1 is 1.14 bits per heavy atom. The standard InChI is InChI=1S/C32H46O5/c1-19(10-9-11-20(2)28(35)36)22-14-17-31(7)23-12-13-25-29(4,5)26(34)15-16-30(25,6)24(23)18-27(32(22,31)8)37-21(3)33/h11-12,18-19,22,25,27H,9-10,13-17H2,1-8H3,(H,35,36)/b20-11-/t19-,22-,25+,27-,30-,31+,32+/m1/s1. The van der Waals surface area contributed by atoms with Gasteiger partial charge in [0.1, 0.15) is 11.9 Å². The molecule has 5 nitrogen and oxygen atoms in total. The quantitative estimate of drug-likeness (QED) is 0.305. The number of fused-ring (bicyclic) bond motifs is 5. The lowest BCUT2D eigenvalue weighted by molar-refractivity contribution is -0.157. The summed E-state index contributed by atoms with van der Waals surface area (Å²) in [6, 6.07) is 0. The molecule has 5 heteroatoms. The van der Waals surface area contributed by atoms with Crippen molar-refractivity contribution in [2.24, 2.45) is 39.4 Å². The van der Waals surface area contributed by atoms with E-state index in [1.807, 2.05) is 6.08 Å². The van der Waals surface area contributed by atoms with Crippen LogP contribution < -0.4 is 0 Å². The second kappa shape index (κ2) is 9.24. The fourth-order valence-electron chi connectivity index (χ4n) is 8.95. The summed E-state index contributed by atoms with van der Waals surface area (Å²) in [6.45, 7) is 16.7. The van der Waals surface area contributed by atoms with Gasteiger partial charge in [0.15, 0.2) is 0 Å². The molecule has 2 fully saturated rings. The van der Waals surface area contributed by atoms with Gasteiger partial charge in [-0.2, -0.15) is 0 Å².